The Balaban J connectivity index is 1.44. The average molecular weight is 407 g/mol. The van der Waals surface area contributed by atoms with E-state index in [-0.39, 0.29) is 0 Å². The van der Waals surface area contributed by atoms with Gasteiger partial charge in [0.1, 0.15) is 17.1 Å². The molecule has 1 aliphatic heterocycles. The SMILES string of the molecule is CC1(c2ccccc2)NC(=O)N(CC(=O)Nc2nnc(-c3ccccc3)s2)C1=O. The Morgan fingerprint density at radius 2 is 1.72 bits per heavy atom. The molecule has 1 aliphatic rings. The summed E-state index contributed by atoms with van der Waals surface area (Å²) in [6, 6.07) is 17.8. The summed E-state index contributed by atoms with van der Waals surface area (Å²) in [5.74, 6) is -1.01. The molecule has 0 aliphatic carbocycles. The maximum Gasteiger partial charge on any atom is 0.325 e. The molecule has 1 aromatic heterocycles. The van der Waals surface area contributed by atoms with Crippen molar-refractivity contribution < 1.29 is 14.4 Å². The van der Waals surface area contributed by atoms with Gasteiger partial charge in [-0.05, 0) is 12.5 Å². The third-order valence-corrected chi connectivity index (χ3v) is 5.51. The van der Waals surface area contributed by atoms with Crippen molar-refractivity contribution in [3.05, 3.63) is 66.2 Å². The zero-order chi connectivity index (χ0) is 20.4. The highest BCUT2D eigenvalue weighted by Gasteiger charge is 2.49. The Kier molecular flexibility index (Phi) is 4.81. The minimum absolute atomic E-state index is 0.298. The quantitative estimate of drug-likeness (QED) is 0.633. The highest BCUT2D eigenvalue weighted by atomic mass is 32.1. The first kappa shape index (κ1) is 18.8. The van der Waals surface area contributed by atoms with E-state index in [9.17, 15) is 14.4 Å². The van der Waals surface area contributed by atoms with E-state index in [0.29, 0.717) is 15.7 Å². The van der Waals surface area contributed by atoms with Gasteiger partial charge in [0.2, 0.25) is 11.0 Å². The predicted molar refractivity (Wildman–Crippen MR) is 108 cm³/mol. The van der Waals surface area contributed by atoms with Crippen LogP contribution in [0.3, 0.4) is 0 Å². The largest absolute Gasteiger partial charge is 0.325 e. The summed E-state index contributed by atoms with van der Waals surface area (Å²) in [6.07, 6.45) is 0. The molecule has 8 nitrogen and oxygen atoms in total. The highest BCUT2D eigenvalue weighted by Crippen LogP contribution is 2.29. The van der Waals surface area contributed by atoms with Crippen molar-refractivity contribution in [1.29, 1.82) is 0 Å². The zero-order valence-corrected chi connectivity index (χ0v) is 16.3. The molecule has 0 saturated carbocycles. The van der Waals surface area contributed by atoms with Crippen LogP contribution in [0, 0.1) is 0 Å². The fraction of sp³-hybridized carbons (Fsp3) is 0.150. The molecule has 4 rings (SSSR count). The number of nitrogens with zero attached hydrogens (tertiary/aromatic N) is 3. The molecule has 4 amide bonds. The number of hydrogen-bond donors (Lipinski definition) is 2. The molecule has 0 spiro atoms. The van der Waals surface area contributed by atoms with Gasteiger partial charge in [-0.25, -0.2) is 4.79 Å². The summed E-state index contributed by atoms with van der Waals surface area (Å²) in [5.41, 5.74) is 0.332. The van der Waals surface area contributed by atoms with Gasteiger partial charge in [0.05, 0.1) is 0 Å². The van der Waals surface area contributed by atoms with Gasteiger partial charge in [0.25, 0.3) is 5.91 Å². The number of imide groups is 1. The first-order valence-corrected chi connectivity index (χ1v) is 9.67. The Morgan fingerprint density at radius 3 is 2.41 bits per heavy atom. The molecule has 3 aromatic rings. The minimum atomic E-state index is -1.21. The monoisotopic (exact) mass is 407 g/mol. The first-order valence-electron chi connectivity index (χ1n) is 8.86. The number of nitrogens with one attached hydrogen (secondary N) is 2. The molecule has 2 N–H and O–H groups in total. The molecule has 1 atom stereocenters. The fourth-order valence-corrected chi connectivity index (χ4v) is 3.85. The van der Waals surface area contributed by atoms with E-state index in [1.165, 1.54) is 11.3 Å². The molecule has 1 fully saturated rings. The Morgan fingerprint density at radius 1 is 1.07 bits per heavy atom. The molecule has 146 valence electrons. The lowest BCUT2D eigenvalue weighted by Crippen LogP contribution is -2.42. The van der Waals surface area contributed by atoms with E-state index in [0.717, 1.165) is 10.5 Å². The van der Waals surface area contributed by atoms with Crippen molar-refractivity contribution in [2.75, 3.05) is 11.9 Å². The number of rotatable bonds is 5. The summed E-state index contributed by atoms with van der Waals surface area (Å²) in [7, 11) is 0. The zero-order valence-electron chi connectivity index (χ0n) is 15.5. The van der Waals surface area contributed by atoms with Crippen molar-refractivity contribution in [2.24, 2.45) is 0 Å². The molecule has 9 heteroatoms. The average Bonchev–Trinajstić information content (AvgIpc) is 3.28. The van der Waals surface area contributed by atoms with Crippen molar-refractivity contribution in [2.45, 2.75) is 12.5 Å². The lowest BCUT2D eigenvalue weighted by molar-refractivity contribution is -0.133. The molecule has 1 unspecified atom stereocenters. The first-order chi connectivity index (χ1) is 14.0. The number of carbonyl (C=O) groups is 3. The summed E-state index contributed by atoms with van der Waals surface area (Å²) >= 11 is 1.21. The van der Waals surface area contributed by atoms with Crippen LogP contribution in [0.4, 0.5) is 9.93 Å². The van der Waals surface area contributed by atoms with Gasteiger partial charge in [-0.3, -0.25) is 19.8 Å². The maximum absolute atomic E-state index is 12.9. The Hall–Kier alpha value is -3.59. The Labute approximate surface area is 170 Å². The van der Waals surface area contributed by atoms with Crippen LogP contribution in [-0.4, -0.2) is 39.5 Å². The van der Waals surface area contributed by atoms with Gasteiger partial charge >= 0.3 is 6.03 Å². The summed E-state index contributed by atoms with van der Waals surface area (Å²) < 4.78 is 0. The van der Waals surface area contributed by atoms with Crippen LogP contribution < -0.4 is 10.6 Å². The van der Waals surface area contributed by atoms with Gasteiger partial charge in [0, 0.05) is 5.56 Å². The topological polar surface area (TPSA) is 104 Å². The van der Waals surface area contributed by atoms with E-state index in [1.807, 2.05) is 36.4 Å². The number of carbonyl (C=O) groups excluding carboxylic acids is 3. The summed E-state index contributed by atoms with van der Waals surface area (Å²) in [4.78, 5) is 38.5. The van der Waals surface area contributed by atoms with Gasteiger partial charge in [-0.2, -0.15) is 0 Å². The van der Waals surface area contributed by atoms with Crippen LogP contribution in [0.2, 0.25) is 0 Å². The van der Waals surface area contributed by atoms with Crippen LogP contribution in [0.15, 0.2) is 60.7 Å². The predicted octanol–water partition coefficient (Wildman–Crippen LogP) is 2.61. The van der Waals surface area contributed by atoms with E-state index in [1.54, 1.807) is 31.2 Å². The minimum Gasteiger partial charge on any atom is -0.319 e. The van der Waals surface area contributed by atoms with E-state index < -0.39 is 29.9 Å². The van der Waals surface area contributed by atoms with Gasteiger partial charge in [-0.15, -0.1) is 10.2 Å². The van der Waals surface area contributed by atoms with Crippen LogP contribution in [0.5, 0.6) is 0 Å². The van der Waals surface area contributed by atoms with Crippen LogP contribution in [-0.2, 0) is 15.1 Å². The third-order valence-electron chi connectivity index (χ3n) is 4.62. The van der Waals surface area contributed by atoms with E-state index in [4.69, 9.17) is 0 Å². The number of anilines is 1. The van der Waals surface area contributed by atoms with Crippen LogP contribution >= 0.6 is 11.3 Å². The molecular weight excluding hydrogens is 390 g/mol. The maximum atomic E-state index is 12.9. The second kappa shape index (κ2) is 7.44. The number of urea groups is 1. The lowest BCUT2D eigenvalue weighted by atomic mass is 9.92. The van der Waals surface area contributed by atoms with Crippen molar-refractivity contribution in [1.82, 2.24) is 20.4 Å². The van der Waals surface area contributed by atoms with E-state index in [2.05, 4.69) is 20.8 Å². The number of amides is 4. The number of hydrogen-bond acceptors (Lipinski definition) is 6. The smallest absolute Gasteiger partial charge is 0.319 e. The molecule has 29 heavy (non-hydrogen) atoms. The molecule has 2 heterocycles. The van der Waals surface area contributed by atoms with Crippen molar-refractivity contribution in [3.8, 4) is 10.6 Å². The number of aromatic nitrogens is 2. The lowest BCUT2D eigenvalue weighted by Gasteiger charge is -2.21. The second-order valence-corrected chi connectivity index (χ2v) is 7.62. The normalized spacial score (nSPS) is 18.6. The van der Waals surface area contributed by atoms with Crippen LogP contribution in [0.1, 0.15) is 12.5 Å². The number of benzene rings is 2. The van der Waals surface area contributed by atoms with Crippen LogP contribution in [0.25, 0.3) is 10.6 Å². The second-order valence-electron chi connectivity index (χ2n) is 6.64. The fourth-order valence-electron chi connectivity index (χ4n) is 3.08. The van der Waals surface area contributed by atoms with Crippen molar-refractivity contribution in [3.63, 3.8) is 0 Å². The molecular formula is C20H17N5O3S. The van der Waals surface area contributed by atoms with E-state index >= 15 is 0 Å². The van der Waals surface area contributed by atoms with Gasteiger partial charge < -0.3 is 5.32 Å². The molecule has 2 aromatic carbocycles. The summed E-state index contributed by atoms with van der Waals surface area (Å²) in [6.45, 7) is 1.21. The van der Waals surface area contributed by atoms with Gasteiger partial charge in [-0.1, -0.05) is 72.0 Å². The standard InChI is InChI=1S/C20H17N5O3S/c1-20(14-10-6-3-7-11-14)17(27)25(19(28)22-20)12-15(26)21-18-24-23-16(29-18)13-8-4-2-5-9-13/h2-11H,12H2,1H3,(H,22,28)(H,21,24,26). The van der Waals surface area contributed by atoms with Crippen molar-refractivity contribution >= 4 is 34.3 Å². The molecule has 0 bridgehead atoms. The molecule has 1 saturated heterocycles. The third kappa shape index (κ3) is 3.59. The van der Waals surface area contributed by atoms with Gasteiger partial charge in [0.15, 0.2) is 0 Å². The highest BCUT2D eigenvalue weighted by molar-refractivity contribution is 7.18. The molecule has 0 radical (unpaired) electrons. The Bertz CT molecular complexity index is 1070. The summed E-state index contributed by atoms with van der Waals surface area (Å²) in [5, 5.41) is 14.2.